The molecule has 0 radical (unpaired) electrons. The van der Waals surface area contributed by atoms with Gasteiger partial charge in [-0.25, -0.2) is 4.99 Å². The Hall–Kier alpha value is -3.21. The number of nitrogens with zero attached hydrogens (tertiary/aromatic N) is 1. The Bertz CT molecular complexity index is 865. The number of carbonyl (C=O) groups excluding carboxylic acids is 1. The Morgan fingerprint density at radius 2 is 1.88 bits per heavy atom. The molecule has 0 fully saturated rings. The molecule has 0 aliphatic carbocycles. The van der Waals surface area contributed by atoms with Gasteiger partial charge in [0.2, 0.25) is 0 Å². The third-order valence-corrected chi connectivity index (χ3v) is 3.81. The van der Waals surface area contributed by atoms with E-state index in [1.165, 1.54) is 0 Å². The highest BCUT2D eigenvalue weighted by Gasteiger charge is 2.11. The molecule has 0 amide bonds. The summed E-state index contributed by atoms with van der Waals surface area (Å²) in [6, 6.07) is 13.1. The Balaban J connectivity index is 1.97. The standard InChI is InChI=1S/C19H16N2O3/c20-18-8-13(11-22)7-16-6-5-15(10-17(16)21-18)14-3-1-12(2-4-14)9-19(23)24/h1-7,10-11H,8-9H2,(H2,20,21)(H,23,24). The number of rotatable bonds is 4. The van der Waals surface area contributed by atoms with Gasteiger partial charge in [0.25, 0.3) is 0 Å². The van der Waals surface area contributed by atoms with Crippen LogP contribution >= 0.6 is 0 Å². The first kappa shape index (κ1) is 15.7. The van der Waals surface area contributed by atoms with Crippen molar-refractivity contribution in [2.75, 3.05) is 0 Å². The molecule has 0 saturated heterocycles. The highest BCUT2D eigenvalue weighted by Crippen LogP contribution is 2.31. The van der Waals surface area contributed by atoms with Gasteiger partial charge in [0, 0.05) is 17.6 Å². The number of amidine groups is 1. The number of aliphatic imine (C=N–C) groups is 1. The van der Waals surface area contributed by atoms with Crippen LogP contribution in [-0.2, 0) is 16.0 Å². The van der Waals surface area contributed by atoms with Gasteiger partial charge < -0.3 is 10.8 Å². The number of carbonyl (C=O) groups is 2. The molecule has 0 atom stereocenters. The zero-order chi connectivity index (χ0) is 17.1. The lowest BCUT2D eigenvalue weighted by atomic mass is 10.00. The van der Waals surface area contributed by atoms with E-state index in [9.17, 15) is 9.59 Å². The van der Waals surface area contributed by atoms with Crippen molar-refractivity contribution in [2.24, 2.45) is 10.7 Å². The molecule has 1 aliphatic heterocycles. The van der Waals surface area contributed by atoms with Gasteiger partial charge in [-0.1, -0.05) is 36.4 Å². The zero-order valence-electron chi connectivity index (χ0n) is 12.9. The van der Waals surface area contributed by atoms with Crippen LogP contribution in [0.15, 0.2) is 53.0 Å². The van der Waals surface area contributed by atoms with Crippen molar-refractivity contribution in [3.63, 3.8) is 0 Å². The number of fused-ring (bicyclic) bond motifs is 1. The number of nitrogens with two attached hydrogens (primary N) is 1. The van der Waals surface area contributed by atoms with Gasteiger partial charge >= 0.3 is 5.97 Å². The highest BCUT2D eigenvalue weighted by atomic mass is 16.4. The Morgan fingerprint density at radius 1 is 1.17 bits per heavy atom. The molecule has 3 rings (SSSR count). The lowest BCUT2D eigenvalue weighted by Gasteiger charge is -2.07. The molecule has 120 valence electrons. The van der Waals surface area contributed by atoms with E-state index < -0.39 is 5.97 Å². The van der Waals surface area contributed by atoms with E-state index in [-0.39, 0.29) is 6.42 Å². The summed E-state index contributed by atoms with van der Waals surface area (Å²) in [5.74, 6) is -0.448. The molecular formula is C19H16N2O3. The second kappa shape index (κ2) is 6.50. The monoisotopic (exact) mass is 320 g/mol. The molecule has 1 heterocycles. The minimum absolute atomic E-state index is 0.00453. The maximum Gasteiger partial charge on any atom is 0.307 e. The maximum atomic E-state index is 11.0. The second-order valence-corrected chi connectivity index (χ2v) is 5.66. The molecule has 1 aliphatic rings. The largest absolute Gasteiger partial charge is 0.481 e. The van der Waals surface area contributed by atoms with Crippen LogP contribution in [0.4, 0.5) is 5.69 Å². The second-order valence-electron chi connectivity index (χ2n) is 5.66. The number of hydrogen-bond donors (Lipinski definition) is 2. The van der Waals surface area contributed by atoms with Crippen molar-refractivity contribution in [1.29, 1.82) is 0 Å². The lowest BCUT2D eigenvalue weighted by Crippen LogP contribution is -2.11. The van der Waals surface area contributed by atoms with Crippen molar-refractivity contribution in [2.45, 2.75) is 12.8 Å². The molecule has 24 heavy (non-hydrogen) atoms. The van der Waals surface area contributed by atoms with Gasteiger partial charge in [0.05, 0.1) is 12.1 Å². The van der Waals surface area contributed by atoms with Gasteiger partial charge in [0.1, 0.15) is 12.1 Å². The first-order valence-corrected chi connectivity index (χ1v) is 7.49. The van der Waals surface area contributed by atoms with Crippen LogP contribution in [0.3, 0.4) is 0 Å². The predicted octanol–water partition coefficient (Wildman–Crippen LogP) is 2.96. The van der Waals surface area contributed by atoms with Gasteiger partial charge in [-0.05, 0) is 28.8 Å². The lowest BCUT2D eigenvalue weighted by molar-refractivity contribution is -0.136. The van der Waals surface area contributed by atoms with Crippen LogP contribution in [0, 0.1) is 0 Å². The van der Waals surface area contributed by atoms with Crippen LogP contribution in [0.1, 0.15) is 17.5 Å². The maximum absolute atomic E-state index is 11.0. The third kappa shape index (κ3) is 3.41. The summed E-state index contributed by atoms with van der Waals surface area (Å²) in [7, 11) is 0. The quantitative estimate of drug-likeness (QED) is 0.847. The van der Waals surface area contributed by atoms with Crippen molar-refractivity contribution in [3.8, 4) is 11.1 Å². The van der Waals surface area contributed by atoms with Gasteiger partial charge in [-0.2, -0.15) is 0 Å². The van der Waals surface area contributed by atoms with E-state index in [4.69, 9.17) is 10.8 Å². The molecule has 0 unspecified atom stereocenters. The van der Waals surface area contributed by atoms with Crippen LogP contribution in [-0.4, -0.2) is 23.2 Å². The minimum Gasteiger partial charge on any atom is -0.481 e. The molecule has 0 saturated carbocycles. The van der Waals surface area contributed by atoms with E-state index in [0.717, 1.165) is 34.2 Å². The average molecular weight is 320 g/mol. The van der Waals surface area contributed by atoms with Gasteiger partial charge in [-0.15, -0.1) is 0 Å². The van der Waals surface area contributed by atoms with Crippen LogP contribution < -0.4 is 5.73 Å². The molecule has 5 nitrogen and oxygen atoms in total. The van der Waals surface area contributed by atoms with E-state index in [1.54, 1.807) is 18.2 Å². The fourth-order valence-corrected chi connectivity index (χ4v) is 2.66. The van der Waals surface area contributed by atoms with Crippen molar-refractivity contribution < 1.29 is 14.7 Å². The molecule has 2 aromatic carbocycles. The van der Waals surface area contributed by atoms with E-state index >= 15 is 0 Å². The molecule has 0 bridgehead atoms. The average Bonchev–Trinajstić information content (AvgIpc) is 2.71. The Kier molecular flexibility index (Phi) is 4.24. The fraction of sp³-hybridized carbons (Fsp3) is 0.105. The number of benzene rings is 2. The third-order valence-electron chi connectivity index (χ3n) is 3.81. The van der Waals surface area contributed by atoms with Crippen molar-refractivity contribution >= 4 is 29.9 Å². The highest BCUT2D eigenvalue weighted by molar-refractivity contribution is 5.98. The zero-order valence-corrected chi connectivity index (χ0v) is 12.9. The van der Waals surface area contributed by atoms with Crippen LogP contribution in [0.5, 0.6) is 0 Å². The van der Waals surface area contributed by atoms with Crippen LogP contribution in [0.25, 0.3) is 17.2 Å². The molecular weight excluding hydrogens is 304 g/mol. The summed E-state index contributed by atoms with van der Waals surface area (Å²) in [5, 5.41) is 8.82. The smallest absolute Gasteiger partial charge is 0.307 e. The molecule has 3 N–H and O–H groups in total. The summed E-state index contributed by atoms with van der Waals surface area (Å²) in [4.78, 5) is 26.2. The number of aldehydes is 1. The summed E-state index contributed by atoms with van der Waals surface area (Å²) >= 11 is 0. The molecule has 2 aromatic rings. The topological polar surface area (TPSA) is 92.8 Å². The number of carboxylic acids is 1. The first-order valence-electron chi connectivity index (χ1n) is 7.49. The van der Waals surface area contributed by atoms with Crippen molar-refractivity contribution in [3.05, 3.63) is 59.2 Å². The number of carboxylic acid groups (broad SMARTS) is 1. The van der Waals surface area contributed by atoms with Gasteiger partial charge in [-0.3, -0.25) is 9.59 Å². The van der Waals surface area contributed by atoms with E-state index in [0.29, 0.717) is 17.8 Å². The normalized spacial score (nSPS) is 13.3. The summed E-state index contributed by atoms with van der Waals surface area (Å²) in [6.45, 7) is 0. The summed E-state index contributed by atoms with van der Waals surface area (Å²) in [5.41, 5.74) is 10.7. The first-order chi connectivity index (χ1) is 11.5. The molecule has 5 heteroatoms. The van der Waals surface area contributed by atoms with E-state index in [2.05, 4.69) is 4.99 Å². The summed E-state index contributed by atoms with van der Waals surface area (Å²) in [6.07, 6.45) is 2.94. The summed E-state index contributed by atoms with van der Waals surface area (Å²) < 4.78 is 0. The number of aliphatic carboxylic acids is 1. The SMILES string of the molecule is NC1=Nc2cc(-c3ccc(CC(=O)O)cc3)ccc2C=C(C=O)C1. The molecule has 0 aromatic heterocycles. The molecule has 0 spiro atoms. The predicted molar refractivity (Wildman–Crippen MR) is 93.2 cm³/mol. The minimum atomic E-state index is -0.852. The Morgan fingerprint density at radius 3 is 2.54 bits per heavy atom. The van der Waals surface area contributed by atoms with Crippen LogP contribution in [0.2, 0.25) is 0 Å². The number of hydrogen-bond acceptors (Lipinski definition) is 4. The fourth-order valence-electron chi connectivity index (χ4n) is 2.66. The van der Waals surface area contributed by atoms with Gasteiger partial charge in [0.15, 0.2) is 0 Å². The Labute approximate surface area is 139 Å². The van der Waals surface area contributed by atoms with E-state index in [1.807, 2.05) is 30.3 Å². The van der Waals surface area contributed by atoms with Crippen molar-refractivity contribution in [1.82, 2.24) is 0 Å².